The van der Waals surface area contributed by atoms with Crippen molar-refractivity contribution in [2.75, 3.05) is 0 Å². The van der Waals surface area contributed by atoms with Crippen molar-refractivity contribution in [2.24, 2.45) is 0 Å². The van der Waals surface area contributed by atoms with Crippen molar-refractivity contribution in [3.05, 3.63) is 58.1 Å². The summed E-state index contributed by atoms with van der Waals surface area (Å²) in [6.45, 7) is 6.84. The molecule has 1 fully saturated rings. The van der Waals surface area contributed by atoms with Gasteiger partial charge in [0.05, 0.1) is 15.7 Å². The third-order valence-corrected chi connectivity index (χ3v) is 6.30. The third kappa shape index (κ3) is 4.31. The summed E-state index contributed by atoms with van der Waals surface area (Å²) < 4.78 is 14.3. The first-order valence-electron chi connectivity index (χ1n) is 9.98. The van der Waals surface area contributed by atoms with E-state index in [2.05, 4.69) is 9.97 Å². The molecule has 4 atom stereocenters. The fraction of sp³-hybridized carbons (Fsp3) is 0.455. The zero-order chi connectivity index (χ0) is 22.6. The molecular formula is C22H25Cl2N3O4. The zero-order valence-electron chi connectivity index (χ0n) is 17.7. The molecule has 0 spiro atoms. The van der Waals surface area contributed by atoms with Gasteiger partial charge in [0.1, 0.15) is 36.0 Å². The summed E-state index contributed by atoms with van der Waals surface area (Å²) in [5.74, 6) is -1.43. The Kier molecular flexibility index (Phi) is 5.79. The number of aromatic nitrogens is 3. The lowest BCUT2D eigenvalue weighted by Gasteiger charge is -2.37. The van der Waals surface area contributed by atoms with E-state index in [1.807, 2.05) is 30.7 Å². The van der Waals surface area contributed by atoms with E-state index < -0.39 is 29.8 Å². The van der Waals surface area contributed by atoms with E-state index in [1.54, 1.807) is 32.0 Å². The van der Waals surface area contributed by atoms with Gasteiger partial charge in [-0.1, -0.05) is 29.3 Å². The highest BCUT2D eigenvalue weighted by Crippen LogP contribution is 2.47. The van der Waals surface area contributed by atoms with Crippen molar-refractivity contribution < 1.29 is 19.7 Å². The van der Waals surface area contributed by atoms with Crippen molar-refractivity contribution >= 4 is 34.2 Å². The maximum Gasteiger partial charge on any atom is 0.160 e. The Morgan fingerprint density at radius 1 is 1.26 bits per heavy atom. The van der Waals surface area contributed by atoms with Crippen molar-refractivity contribution in [1.29, 1.82) is 0 Å². The summed E-state index contributed by atoms with van der Waals surface area (Å²) in [5, 5.41) is 23.3. The fourth-order valence-corrected chi connectivity index (χ4v) is 4.57. The molecule has 3 aromatic rings. The topological polar surface area (TPSA) is 89.6 Å². The molecule has 0 radical (unpaired) electrons. The smallest absolute Gasteiger partial charge is 0.160 e. The Labute approximate surface area is 190 Å². The number of fused-ring (bicyclic) bond motifs is 1. The Morgan fingerprint density at radius 2 is 2.00 bits per heavy atom. The van der Waals surface area contributed by atoms with Gasteiger partial charge in [-0.3, -0.25) is 0 Å². The molecule has 0 saturated carbocycles. The SMILES string of the molecule is Cc1ncnc2c1ccn2C1CC(C)(OC(C)(C)O)C(C(O)c2ccc(Cl)c(Cl)c2)O1. The predicted molar refractivity (Wildman–Crippen MR) is 118 cm³/mol. The van der Waals surface area contributed by atoms with Gasteiger partial charge in [0, 0.05) is 18.0 Å². The van der Waals surface area contributed by atoms with Crippen LogP contribution in [0.3, 0.4) is 0 Å². The van der Waals surface area contributed by atoms with Crippen molar-refractivity contribution in [3.8, 4) is 0 Å². The molecule has 4 rings (SSSR count). The number of aryl methyl sites for hydroxylation is 1. The highest BCUT2D eigenvalue weighted by atomic mass is 35.5. The zero-order valence-corrected chi connectivity index (χ0v) is 19.2. The number of ether oxygens (including phenoxy) is 2. The number of aliphatic hydroxyl groups excluding tert-OH is 1. The molecule has 0 aliphatic carbocycles. The minimum atomic E-state index is -1.43. The molecule has 4 unspecified atom stereocenters. The van der Waals surface area contributed by atoms with Gasteiger partial charge in [-0.25, -0.2) is 9.97 Å². The highest BCUT2D eigenvalue weighted by Gasteiger charge is 2.52. The first-order valence-corrected chi connectivity index (χ1v) is 10.7. The van der Waals surface area contributed by atoms with Crippen LogP contribution < -0.4 is 0 Å². The Bertz CT molecular complexity index is 1110. The van der Waals surface area contributed by atoms with Crippen molar-refractivity contribution in [2.45, 2.75) is 63.9 Å². The standard InChI is InChI=1S/C22H25Cl2N3O4/c1-12-14-7-8-27(20(14)26-11-25-12)17-10-22(4,31-21(2,3)29)19(30-17)18(28)13-5-6-15(23)16(24)9-13/h5-9,11,17-19,28-29H,10H2,1-4H3. The molecule has 2 N–H and O–H groups in total. The van der Waals surface area contributed by atoms with E-state index in [9.17, 15) is 10.2 Å². The maximum atomic E-state index is 11.2. The molecule has 1 aliphatic rings. The minimum absolute atomic E-state index is 0.335. The first-order chi connectivity index (χ1) is 14.5. The molecule has 3 heterocycles. The number of nitrogens with zero attached hydrogens (tertiary/aromatic N) is 3. The van der Waals surface area contributed by atoms with E-state index >= 15 is 0 Å². The fourth-order valence-electron chi connectivity index (χ4n) is 4.27. The summed E-state index contributed by atoms with van der Waals surface area (Å²) in [6, 6.07) is 6.87. The molecule has 0 amide bonds. The summed E-state index contributed by atoms with van der Waals surface area (Å²) in [7, 11) is 0. The Hall–Kier alpha value is -1.74. The van der Waals surface area contributed by atoms with Crippen LogP contribution in [0, 0.1) is 6.92 Å². The largest absolute Gasteiger partial charge is 0.386 e. The number of rotatable bonds is 5. The quantitative estimate of drug-likeness (QED) is 0.536. The van der Waals surface area contributed by atoms with E-state index in [0.29, 0.717) is 22.0 Å². The highest BCUT2D eigenvalue weighted by molar-refractivity contribution is 6.42. The Balaban J connectivity index is 1.73. The first kappa shape index (κ1) is 22.5. The average molecular weight is 466 g/mol. The Morgan fingerprint density at radius 3 is 2.68 bits per heavy atom. The second kappa shape index (κ2) is 7.99. The van der Waals surface area contributed by atoms with Crippen LogP contribution in [0.15, 0.2) is 36.8 Å². The van der Waals surface area contributed by atoms with Crippen molar-refractivity contribution in [3.63, 3.8) is 0 Å². The van der Waals surface area contributed by atoms with Gasteiger partial charge in [0.15, 0.2) is 5.79 Å². The lowest BCUT2D eigenvalue weighted by atomic mass is 9.89. The maximum absolute atomic E-state index is 11.2. The summed E-state index contributed by atoms with van der Waals surface area (Å²) in [6.07, 6.45) is 1.45. The predicted octanol–water partition coefficient (Wildman–Crippen LogP) is 4.57. The van der Waals surface area contributed by atoms with Crippen LogP contribution in [-0.4, -0.2) is 42.2 Å². The molecule has 1 aliphatic heterocycles. The number of benzene rings is 1. The molecule has 1 saturated heterocycles. The summed E-state index contributed by atoms with van der Waals surface area (Å²) in [4.78, 5) is 8.64. The molecule has 1 aromatic carbocycles. The van der Waals surface area contributed by atoms with E-state index in [0.717, 1.165) is 16.7 Å². The van der Waals surface area contributed by atoms with Crippen LogP contribution in [0.5, 0.6) is 0 Å². The molecule has 7 nitrogen and oxygen atoms in total. The molecule has 9 heteroatoms. The molecule has 0 bridgehead atoms. The van der Waals surface area contributed by atoms with Gasteiger partial charge in [-0.15, -0.1) is 0 Å². The number of halogens is 2. The average Bonchev–Trinajstić information content (AvgIpc) is 3.24. The van der Waals surface area contributed by atoms with Crippen LogP contribution in [0.2, 0.25) is 10.0 Å². The van der Waals surface area contributed by atoms with Gasteiger partial charge < -0.3 is 24.3 Å². The lowest BCUT2D eigenvalue weighted by Crippen LogP contribution is -2.47. The number of hydrogen-bond donors (Lipinski definition) is 2. The lowest BCUT2D eigenvalue weighted by molar-refractivity contribution is -0.261. The normalized spacial score (nSPS) is 25.3. The van der Waals surface area contributed by atoms with Crippen LogP contribution in [-0.2, 0) is 9.47 Å². The van der Waals surface area contributed by atoms with Gasteiger partial charge in [0.2, 0.25) is 0 Å². The van der Waals surface area contributed by atoms with Gasteiger partial charge >= 0.3 is 0 Å². The molecule has 31 heavy (non-hydrogen) atoms. The van der Waals surface area contributed by atoms with Crippen LogP contribution >= 0.6 is 23.2 Å². The van der Waals surface area contributed by atoms with E-state index in [1.165, 1.54) is 6.33 Å². The van der Waals surface area contributed by atoms with Gasteiger partial charge in [-0.2, -0.15) is 0 Å². The summed E-state index contributed by atoms with van der Waals surface area (Å²) in [5.41, 5.74) is 1.13. The number of aliphatic hydroxyl groups is 2. The van der Waals surface area contributed by atoms with Crippen LogP contribution in [0.25, 0.3) is 11.0 Å². The number of hydrogen-bond acceptors (Lipinski definition) is 6. The monoisotopic (exact) mass is 465 g/mol. The molecular weight excluding hydrogens is 441 g/mol. The third-order valence-electron chi connectivity index (χ3n) is 5.56. The van der Waals surface area contributed by atoms with E-state index in [-0.39, 0.29) is 0 Å². The van der Waals surface area contributed by atoms with Crippen LogP contribution in [0.4, 0.5) is 0 Å². The minimum Gasteiger partial charge on any atom is -0.386 e. The molecule has 166 valence electrons. The van der Waals surface area contributed by atoms with Crippen LogP contribution in [0.1, 0.15) is 50.8 Å². The van der Waals surface area contributed by atoms with E-state index in [4.69, 9.17) is 32.7 Å². The second-order valence-corrected chi connectivity index (χ2v) is 9.43. The van der Waals surface area contributed by atoms with Gasteiger partial charge in [0.25, 0.3) is 0 Å². The summed E-state index contributed by atoms with van der Waals surface area (Å²) >= 11 is 12.2. The molecule has 2 aromatic heterocycles. The second-order valence-electron chi connectivity index (χ2n) is 8.61. The van der Waals surface area contributed by atoms with Crippen molar-refractivity contribution in [1.82, 2.24) is 14.5 Å². The van der Waals surface area contributed by atoms with Gasteiger partial charge in [-0.05, 0) is 51.5 Å².